The topological polar surface area (TPSA) is 154 Å². The second-order valence-electron chi connectivity index (χ2n) is 18.2. The molecule has 3 fully saturated rings. The number of thiazole rings is 1. The monoisotopic (exact) mass is 889 g/mol. The summed E-state index contributed by atoms with van der Waals surface area (Å²) >= 11 is 8.38. The zero-order valence-corrected chi connectivity index (χ0v) is 38.0. The molecular formula is C48H56ClN9O4S. The van der Waals surface area contributed by atoms with Crippen molar-refractivity contribution in [1.82, 2.24) is 40.6 Å². The lowest BCUT2D eigenvalue weighted by atomic mass is 9.77. The van der Waals surface area contributed by atoms with Crippen molar-refractivity contribution >= 4 is 52.3 Å². The molecule has 0 radical (unpaired) electrons. The third-order valence-corrected chi connectivity index (χ3v) is 14.2. The van der Waals surface area contributed by atoms with Crippen LogP contribution in [0.2, 0.25) is 5.02 Å². The number of benzene rings is 2. The summed E-state index contributed by atoms with van der Waals surface area (Å²) in [6, 6.07) is 15.0. The molecule has 3 aromatic heterocycles. The van der Waals surface area contributed by atoms with Gasteiger partial charge in [-0.15, -0.1) is 11.3 Å². The number of hydrogen-bond acceptors (Lipinski definition) is 9. The van der Waals surface area contributed by atoms with Gasteiger partial charge in [0, 0.05) is 75.4 Å². The largest absolute Gasteiger partial charge is 0.370 e. The number of pyridine rings is 1. The maximum Gasteiger partial charge on any atom is 0.246 e. The Morgan fingerprint density at radius 3 is 2.37 bits per heavy atom. The third-order valence-electron chi connectivity index (χ3n) is 12.9. The fourth-order valence-corrected chi connectivity index (χ4v) is 10.3. The molecule has 3 N–H and O–H groups in total. The Labute approximate surface area is 378 Å². The number of amides is 4. The van der Waals surface area contributed by atoms with Crippen LogP contribution >= 0.6 is 22.9 Å². The highest BCUT2D eigenvalue weighted by Crippen LogP contribution is 2.43. The predicted molar refractivity (Wildman–Crippen MR) is 247 cm³/mol. The van der Waals surface area contributed by atoms with E-state index in [0.29, 0.717) is 37.5 Å². The Morgan fingerprint density at radius 1 is 0.952 bits per heavy atom. The van der Waals surface area contributed by atoms with Crippen molar-refractivity contribution < 1.29 is 19.2 Å². The number of aromatic nitrogens is 4. The van der Waals surface area contributed by atoms with Crippen LogP contribution in [0.4, 0.5) is 5.69 Å². The molecule has 0 bridgehead atoms. The van der Waals surface area contributed by atoms with Crippen molar-refractivity contribution in [1.29, 1.82) is 0 Å². The average molecular weight is 891 g/mol. The third kappa shape index (κ3) is 9.67. The number of nitrogens with zero attached hydrogens (tertiary/aromatic N) is 6. The first-order valence-electron chi connectivity index (χ1n) is 22.0. The van der Waals surface area contributed by atoms with Gasteiger partial charge in [-0.2, -0.15) is 5.10 Å². The first-order chi connectivity index (χ1) is 30.3. The van der Waals surface area contributed by atoms with E-state index in [1.807, 2.05) is 80.7 Å². The SMILES string of the molecule is Cc1ncsc1-c1ccc(CNC(=O)C2CCCN2C(=O)C(NC(=O)CCCn2cc(-c3ccc(-c4cncc(Cl)c4N4CCC5(CCNC5=O)CC4)cc3)cn2)C(C)(C)C)cc1. The number of halogens is 1. The van der Waals surface area contributed by atoms with Crippen LogP contribution in [0.15, 0.2) is 78.8 Å². The zero-order chi connectivity index (χ0) is 44.3. The summed E-state index contributed by atoms with van der Waals surface area (Å²) in [7, 11) is 0. The van der Waals surface area contributed by atoms with Gasteiger partial charge in [0.15, 0.2) is 0 Å². The molecule has 5 aromatic rings. The van der Waals surface area contributed by atoms with E-state index in [2.05, 4.69) is 60.2 Å². The average Bonchev–Trinajstić information content (AvgIpc) is 4.11. The molecule has 330 valence electrons. The van der Waals surface area contributed by atoms with Crippen LogP contribution in [0.25, 0.3) is 32.7 Å². The number of likely N-dealkylation sites (tertiary alicyclic amines) is 1. The van der Waals surface area contributed by atoms with Gasteiger partial charge in [-0.1, -0.05) is 80.9 Å². The summed E-state index contributed by atoms with van der Waals surface area (Å²) in [4.78, 5) is 67.3. The smallest absolute Gasteiger partial charge is 0.246 e. The Bertz CT molecular complexity index is 2450. The molecule has 63 heavy (non-hydrogen) atoms. The molecule has 4 amide bonds. The predicted octanol–water partition coefficient (Wildman–Crippen LogP) is 7.42. The lowest BCUT2D eigenvalue weighted by Gasteiger charge is -2.39. The van der Waals surface area contributed by atoms with Crippen LogP contribution in [0.3, 0.4) is 0 Å². The van der Waals surface area contributed by atoms with Crippen molar-refractivity contribution in [2.75, 3.05) is 31.1 Å². The number of anilines is 1. The first kappa shape index (κ1) is 44.0. The molecular weight excluding hydrogens is 834 g/mol. The molecule has 1 spiro atoms. The summed E-state index contributed by atoms with van der Waals surface area (Å²) < 4.78 is 1.83. The number of aryl methyl sites for hydroxylation is 2. The molecule has 3 saturated heterocycles. The number of piperidine rings is 1. The van der Waals surface area contributed by atoms with Gasteiger partial charge in [-0.25, -0.2) is 4.98 Å². The molecule has 0 aliphatic carbocycles. The van der Waals surface area contributed by atoms with Crippen LogP contribution in [-0.2, 0) is 32.3 Å². The van der Waals surface area contributed by atoms with Crippen LogP contribution in [-0.4, -0.2) is 86.5 Å². The Hall–Kier alpha value is -5.60. The van der Waals surface area contributed by atoms with Crippen molar-refractivity contribution in [3.63, 3.8) is 0 Å². The minimum absolute atomic E-state index is 0.179. The Kier molecular flexibility index (Phi) is 13.0. The molecule has 2 atom stereocenters. The second kappa shape index (κ2) is 18.6. The maximum absolute atomic E-state index is 14.1. The molecule has 3 aliphatic rings. The second-order valence-corrected chi connectivity index (χ2v) is 19.5. The minimum atomic E-state index is -0.786. The van der Waals surface area contributed by atoms with Crippen LogP contribution in [0.5, 0.6) is 0 Å². The normalized spacial score (nSPS) is 17.8. The fourth-order valence-electron chi connectivity index (χ4n) is 9.20. The molecule has 6 heterocycles. The van der Waals surface area contributed by atoms with E-state index < -0.39 is 17.5 Å². The molecule has 3 aliphatic heterocycles. The summed E-state index contributed by atoms with van der Waals surface area (Å²) in [5.74, 6) is -0.458. The summed E-state index contributed by atoms with van der Waals surface area (Å²) in [6.07, 6.45) is 11.9. The molecule has 13 nitrogen and oxygen atoms in total. The van der Waals surface area contributed by atoms with Crippen molar-refractivity contribution in [3.05, 3.63) is 95.1 Å². The highest BCUT2D eigenvalue weighted by Gasteiger charge is 2.45. The van der Waals surface area contributed by atoms with Gasteiger partial charge in [-0.05, 0) is 73.1 Å². The van der Waals surface area contributed by atoms with Crippen LogP contribution in [0.1, 0.15) is 77.0 Å². The number of carbonyl (C=O) groups excluding carboxylic acids is 4. The van der Waals surface area contributed by atoms with Gasteiger partial charge in [-0.3, -0.25) is 28.8 Å². The molecule has 15 heteroatoms. The molecule has 2 unspecified atom stereocenters. The van der Waals surface area contributed by atoms with Crippen molar-refractivity contribution in [2.24, 2.45) is 10.8 Å². The van der Waals surface area contributed by atoms with Crippen LogP contribution in [0, 0.1) is 17.8 Å². The van der Waals surface area contributed by atoms with E-state index in [4.69, 9.17) is 11.6 Å². The van der Waals surface area contributed by atoms with Crippen molar-refractivity contribution in [2.45, 2.75) is 97.8 Å². The van der Waals surface area contributed by atoms with E-state index in [9.17, 15) is 19.2 Å². The summed E-state index contributed by atoms with van der Waals surface area (Å²) in [6.45, 7) is 11.4. The van der Waals surface area contributed by atoms with Crippen molar-refractivity contribution in [3.8, 4) is 32.7 Å². The number of hydrogen-bond donors (Lipinski definition) is 3. The summed E-state index contributed by atoms with van der Waals surface area (Å²) in [5, 5.41) is 14.2. The van der Waals surface area contributed by atoms with Gasteiger partial charge in [0.2, 0.25) is 23.6 Å². The molecule has 2 aromatic carbocycles. The standard InChI is InChI=1S/C48H56ClN9O4S/c1-31-42(63-30-53-31)35-11-9-32(10-12-35)25-52-44(60)39-7-5-22-58(39)45(61)43(47(2,3)4)55-40(59)8-6-21-57-29-36(26-54-57)33-13-15-34(16-14-33)37-27-50-28-38(49)41(37)56-23-18-48(19-24-56)17-20-51-46(48)62/h9-16,26-30,39,43H,5-8,17-25H2,1-4H3,(H,51,62)(H,52,60)(H,55,59). The number of carbonyl (C=O) groups is 4. The van der Waals surface area contributed by atoms with Crippen LogP contribution < -0.4 is 20.9 Å². The van der Waals surface area contributed by atoms with E-state index in [-0.39, 0.29) is 35.5 Å². The lowest BCUT2D eigenvalue weighted by Crippen LogP contribution is -2.57. The van der Waals surface area contributed by atoms with E-state index in [0.717, 1.165) is 95.0 Å². The minimum Gasteiger partial charge on any atom is -0.370 e. The first-order valence-corrected chi connectivity index (χ1v) is 23.2. The van der Waals surface area contributed by atoms with E-state index in [1.165, 1.54) is 0 Å². The zero-order valence-electron chi connectivity index (χ0n) is 36.5. The maximum atomic E-state index is 14.1. The van der Waals surface area contributed by atoms with Gasteiger partial charge in [0.05, 0.1) is 38.4 Å². The summed E-state index contributed by atoms with van der Waals surface area (Å²) in [5.41, 5.74) is 8.91. The van der Waals surface area contributed by atoms with Gasteiger partial charge >= 0.3 is 0 Å². The lowest BCUT2D eigenvalue weighted by molar-refractivity contribution is -0.144. The fraction of sp³-hybridized carbons (Fsp3) is 0.438. The Morgan fingerprint density at radius 2 is 1.68 bits per heavy atom. The Balaban J connectivity index is 0.828. The highest BCUT2D eigenvalue weighted by atomic mass is 35.5. The van der Waals surface area contributed by atoms with Gasteiger partial charge in [0.1, 0.15) is 12.1 Å². The number of rotatable bonds is 13. The highest BCUT2D eigenvalue weighted by molar-refractivity contribution is 7.13. The number of nitrogens with one attached hydrogen (secondary N) is 3. The van der Waals surface area contributed by atoms with E-state index >= 15 is 0 Å². The molecule has 8 rings (SSSR count). The van der Waals surface area contributed by atoms with E-state index in [1.54, 1.807) is 22.4 Å². The van der Waals surface area contributed by atoms with Gasteiger partial charge in [0.25, 0.3) is 0 Å². The quantitative estimate of drug-likeness (QED) is 0.110. The molecule has 0 saturated carbocycles. The van der Waals surface area contributed by atoms with Gasteiger partial charge < -0.3 is 25.8 Å².